The van der Waals surface area contributed by atoms with E-state index < -0.39 is 0 Å². The highest BCUT2D eigenvalue weighted by Gasteiger charge is 2.30. The van der Waals surface area contributed by atoms with E-state index in [0.717, 1.165) is 31.5 Å². The first-order valence-electron chi connectivity index (χ1n) is 6.71. The fourth-order valence-corrected chi connectivity index (χ4v) is 3.12. The van der Waals surface area contributed by atoms with Crippen LogP contribution < -0.4 is 4.90 Å². The zero-order valence-corrected chi connectivity index (χ0v) is 10.7. The van der Waals surface area contributed by atoms with Gasteiger partial charge in [-0.3, -0.25) is 14.9 Å². The first-order valence-corrected chi connectivity index (χ1v) is 6.71. The SMILES string of the molecule is O=C1CCC(N2CCc3ccc([N+](=O)[O-])cc32)CC1. The van der Waals surface area contributed by atoms with E-state index in [1.54, 1.807) is 12.1 Å². The van der Waals surface area contributed by atoms with E-state index in [4.69, 9.17) is 0 Å². The lowest BCUT2D eigenvalue weighted by Gasteiger charge is -2.32. The van der Waals surface area contributed by atoms with Crippen LogP contribution in [0.2, 0.25) is 0 Å². The van der Waals surface area contributed by atoms with E-state index in [0.29, 0.717) is 24.7 Å². The van der Waals surface area contributed by atoms with Gasteiger partial charge in [0.1, 0.15) is 5.78 Å². The van der Waals surface area contributed by atoms with Crippen molar-refractivity contribution in [1.29, 1.82) is 0 Å². The number of fused-ring (bicyclic) bond motifs is 1. The van der Waals surface area contributed by atoms with Crippen molar-refractivity contribution in [3.05, 3.63) is 33.9 Å². The van der Waals surface area contributed by atoms with Gasteiger partial charge in [0.05, 0.1) is 4.92 Å². The minimum absolute atomic E-state index is 0.150. The van der Waals surface area contributed by atoms with Crippen LogP contribution in [0.25, 0.3) is 0 Å². The molecule has 1 aromatic carbocycles. The van der Waals surface area contributed by atoms with Gasteiger partial charge in [0, 0.05) is 43.2 Å². The molecule has 5 nitrogen and oxygen atoms in total. The molecule has 0 unspecified atom stereocenters. The molecule has 3 rings (SSSR count). The summed E-state index contributed by atoms with van der Waals surface area (Å²) in [7, 11) is 0. The topological polar surface area (TPSA) is 63.5 Å². The van der Waals surface area contributed by atoms with E-state index >= 15 is 0 Å². The van der Waals surface area contributed by atoms with Gasteiger partial charge in [0.15, 0.2) is 0 Å². The largest absolute Gasteiger partial charge is 0.368 e. The molecule has 0 saturated heterocycles. The van der Waals surface area contributed by atoms with Crippen LogP contribution in [0.1, 0.15) is 31.2 Å². The average Bonchev–Trinajstić information content (AvgIpc) is 2.82. The number of ketones is 1. The highest BCUT2D eigenvalue weighted by molar-refractivity contribution is 5.79. The number of hydrogen-bond acceptors (Lipinski definition) is 4. The van der Waals surface area contributed by atoms with Crippen LogP contribution in [0.15, 0.2) is 18.2 Å². The zero-order valence-electron chi connectivity index (χ0n) is 10.7. The first kappa shape index (κ1) is 12.1. The summed E-state index contributed by atoms with van der Waals surface area (Å²) in [6.45, 7) is 0.912. The number of hydrogen-bond donors (Lipinski definition) is 0. The highest BCUT2D eigenvalue weighted by atomic mass is 16.6. The average molecular weight is 260 g/mol. The van der Waals surface area contributed by atoms with Crippen LogP contribution in [0, 0.1) is 10.1 Å². The Labute approximate surface area is 111 Å². The van der Waals surface area contributed by atoms with Crippen molar-refractivity contribution in [3.8, 4) is 0 Å². The monoisotopic (exact) mass is 260 g/mol. The van der Waals surface area contributed by atoms with Gasteiger partial charge in [-0.25, -0.2) is 0 Å². The highest BCUT2D eigenvalue weighted by Crippen LogP contribution is 2.36. The summed E-state index contributed by atoms with van der Waals surface area (Å²) in [6, 6.07) is 5.48. The number of benzene rings is 1. The number of nitro groups is 1. The number of carbonyl (C=O) groups excluding carboxylic acids is 1. The molecule has 0 radical (unpaired) electrons. The molecule has 1 aromatic rings. The molecule has 0 N–H and O–H groups in total. The molecule has 19 heavy (non-hydrogen) atoms. The minimum atomic E-state index is -0.346. The van der Waals surface area contributed by atoms with Crippen molar-refractivity contribution >= 4 is 17.2 Å². The first-order chi connectivity index (χ1) is 9.15. The number of rotatable bonds is 2. The van der Waals surface area contributed by atoms with Gasteiger partial charge in [-0.1, -0.05) is 6.07 Å². The Kier molecular flexibility index (Phi) is 2.97. The third-order valence-corrected chi connectivity index (χ3v) is 4.16. The Balaban J connectivity index is 1.86. The van der Waals surface area contributed by atoms with Crippen LogP contribution in [0.5, 0.6) is 0 Å². The number of carbonyl (C=O) groups is 1. The predicted molar refractivity (Wildman–Crippen MR) is 71.4 cm³/mol. The smallest absolute Gasteiger partial charge is 0.271 e. The number of nitro benzene ring substituents is 1. The van der Waals surface area contributed by atoms with Crippen molar-refractivity contribution in [1.82, 2.24) is 0 Å². The van der Waals surface area contributed by atoms with Crippen molar-refractivity contribution in [3.63, 3.8) is 0 Å². The van der Waals surface area contributed by atoms with E-state index in [-0.39, 0.29) is 10.6 Å². The van der Waals surface area contributed by atoms with E-state index in [9.17, 15) is 14.9 Å². The van der Waals surface area contributed by atoms with Gasteiger partial charge in [-0.05, 0) is 24.8 Å². The maximum atomic E-state index is 11.3. The Morgan fingerprint density at radius 3 is 2.63 bits per heavy atom. The van der Waals surface area contributed by atoms with Crippen molar-refractivity contribution in [2.45, 2.75) is 38.1 Å². The third-order valence-electron chi connectivity index (χ3n) is 4.16. The van der Waals surface area contributed by atoms with Gasteiger partial charge >= 0.3 is 0 Å². The molecule has 1 saturated carbocycles. The van der Waals surface area contributed by atoms with Crippen molar-refractivity contribution in [2.24, 2.45) is 0 Å². The number of anilines is 1. The van der Waals surface area contributed by atoms with Gasteiger partial charge in [0.2, 0.25) is 0 Å². The molecule has 0 spiro atoms. The Bertz CT molecular complexity index is 531. The van der Waals surface area contributed by atoms with Crippen molar-refractivity contribution in [2.75, 3.05) is 11.4 Å². The van der Waals surface area contributed by atoms with Gasteiger partial charge in [-0.2, -0.15) is 0 Å². The Hall–Kier alpha value is -1.91. The Morgan fingerprint density at radius 1 is 1.21 bits per heavy atom. The van der Waals surface area contributed by atoms with Crippen LogP contribution >= 0.6 is 0 Å². The minimum Gasteiger partial charge on any atom is -0.368 e. The lowest BCUT2D eigenvalue weighted by molar-refractivity contribution is -0.384. The van der Waals surface area contributed by atoms with Crippen LogP contribution in [0.3, 0.4) is 0 Å². The molecule has 0 bridgehead atoms. The molecule has 1 heterocycles. The number of Topliss-reactive ketones (excluding diaryl/α,β-unsaturated/α-hetero) is 1. The summed E-state index contributed by atoms with van der Waals surface area (Å²) in [6.07, 6.45) is 3.98. The molecule has 1 fully saturated rings. The predicted octanol–water partition coefficient (Wildman–Crippen LogP) is 2.47. The second-order valence-electron chi connectivity index (χ2n) is 5.28. The van der Waals surface area contributed by atoms with E-state index in [1.807, 2.05) is 6.07 Å². The van der Waals surface area contributed by atoms with Gasteiger partial charge in [-0.15, -0.1) is 0 Å². The number of nitrogens with zero attached hydrogens (tertiary/aromatic N) is 2. The maximum Gasteiger partial charge on any atom is 0.271 e. The molecule has 1 aliphatic heterocycles. The molecule has 0 amide bonds. The van der Waals surface area contributed by atoms with Crippen LogP contribution in [0.4, 0.5) is 11.4 Å². The van der Waals surface area contributed by atoms with Crippen LogP contribution in [-0.4, -0.2) is 23.3 Å². The fourth-order valence-electron chi connectivity index (χ4n) is 3.12. The van der Waals surface area contributed by atoms with E-state index in [1.165, 1.54) is 5.56 Å². The second-order valence-corrected chi connectivity index (χ2v) is 5.28. The summed E-state index contributed by atoms with van der Waals surface area (Å²) in [5, 5.41) is 10.9. The molecular weight excluding hydrogens is 244 g/mol. The summed E-state index contributed by atoms with van der Waals surface area (Å²) in [4.78, 5) is 24.1. The Morgan fingerprint density at radius 2 is 1.95 bits per heavy atom. The molecule has 2 aliphatic rings. The molecule has 0 atom stereocenters. The van der Waals surface area contributed by atoms with Gasteiger partial charge in [0.25, 0.3) is 5.69 Å². The molecule has 5 heteroatoms. The third kappa shape index (κ3) is 2.20. The summed E-state index contributed by atoms with van der Waals surface area (Å²) in [5.74, 6) is 0.342. The zero-order chi connectivity index (χ0) is 13.4. The van der Waals surface area contributed by atoms with Crippen LogP contribution in [-0.2, 0) is 11.2 Å². The molecular formula is C14H16N2O3. The quantitative estimate of drug-likeness (QED) is 0.605. The summed E-state index contributed by atoms with van der Waals surface area (Å²) in [5.41, 5.74) is 2.33. The van der Waals surface area contributed by atoms with Gasteiger partial charge < -0.3 is 4.90 Å². The molecule has 1 aliphatic carbocycles. The lowest BCUT2D eigenvalue weighted by Crippen LogP contribution is -2.37. The second kappa shape index (κ2) is 4.64. The summed E-state index contributed by atoms with van der Waals surface area (Å²) < 4.78 is 0. The fraction of sp³-hybridized carbons (Fsp3) is 0.500. The standard InChI is InChI=1S/C14H16N2O3/c17-13-5-3-11(4-6-13)15-8-7-10-1-2-12(16(18)19)9-14(10)15/h1-2,9,11H,3-8H2. The summed E-state index contributed by atoms with van der Waals surface area (Å²) >= 11 is 0. The lowest BCUT2D eigenvalue weighted by atomic mass is 9.93. The molecule has 0 aromatic heterocycles. The maximum absolute atomic E-state index is 11.3. The number of non-ortho nitro benzene ring substituents is 1. The van der Waals surface area contributed by atoms with Crippen molar-refractivity contribution < 1.29 is 9.72 Å². The van der Waals surface area contributed by atoms with E-state index in [2.05, 4.69) is 4.90 Å². The normalized spacial score (nSPS) is 19.6. The molecule has 100 valence electrons.